The molecule has 0 spiro atoms. The highest BCUT2D eigenvalue weighted by atomic mass is 16.5. The van der Waals surface area contributed by atoms with Crippen molar-refractivity contribution in [2.24, 2.45) is 0 Å². The Hall–Kier alpha value is -2.01. The highest BCUT2D eigenvalue weighted by Crippen LogP contribution is 2.33. The molecule has 1 aliphatic heterocycles. The maximum Gasteiger partial charge on any atom is 0.258 e. The largest absolute Gasteiger partial charge is 0.493 e. The number of methoxy groups -OCH3 is 2. The Morgan fingerprint density at radius 1 is 1.18 bits per heavy atom. The molecule has 1 aliphatic rings. The molecule has 0 unspecified atom stereocenters. The predicted molar refractivity (Wildman–Crippen MR) is 84.9 cm³/mol. The van der Waals surface area contributed by atoms with Gasteiger partial charge >= 0.3 is 0 Å². The molecule has 1 saturated heterocycles. The number of hydrogen-bond acceptors (Lipinski definition) is 4. The van der Waals surface area contributed by atoms with E-state index in [-0.39, 0.29) is 11.7 Å². The number of rotatable bonds is 4. The summed E-state index contributed by atoms with van der Waals surface area (Å²) in [7, 11) is 3.17. The molecular formula is C17H21NO4. The van der Waals surface area contributed by atoms with Gasteiger partial charge in [0.05, 0.1) is 32.3 Å². The van der Waals surface area contributed by atoms with E-state index in [0.29, 0.717) is 23.4 Å². The van der Waals surface area contributed by atoms with Crippen LogP contribution in [0.25, 0.3) is 10.8 Å². The van der Waals surface area contributed by atoms with Crippen LogP contribution in [0.1, 0.15) is 19.3 Å². The van der Waals surface area contributed by atoms with Crippen molar-refractivity contribution in [2.75, 3.05) is 20.8 Å². The van der Waals surface area contributed by atoms with E-state index in [0.717, 1.165) is 31.3 Å². The lowest BCUT2D eigenvalue weighted by atomic mass is 10.1. The molecule has 1 fully saturated rings. The summed E-state index contributed by atoms with van der Waals surface area (Å²) in [5.74, 6) is 1.22. The first-order valence-corrected chi connectivity index (χ1v) is 7.60. The fraction of sp³-hybridized carbons (Fsp3) is 0.471. The van der Waals surface area contributed by atoms with Crippen molar-refractivity contribution >= 4 is 10.8 Å². The van der Waals surface area contributed by atoms with E-state index < -0.39 is 0 Å². The zero-order chi connectivity index (χ0) is 15.5. The van der Waals surface area contributed by atoms with Crippen LogP contribution in [0.3, 0.4) is 0 Å². The van der Waals surface area contributed by atoms with E-state index in [4.69, 9.17) is 14.2 Å². The van der Waals surface area contributed by atoms with Crippen molar-refractivity contribution in [2.45, 2.75) is 31.9 Å². The van der Waals surface area contributed by atoms with Gasteiger partial charge in [-0.1, -0.05) is 0 Å². The molecule has 2 aromatic rings. The van der Waals surface area contributed by atoms with Crippen LogP contribution in [0, 0.1) is 0 Å². The molecule has 0 amide bonds. The second-order valence-corrected chi connectivity index (χ2v) is 5.52. The Labute approximate surface area is 129 Å². The lowest BCUT2D eigenvalue weighted by Gasteiger charge is -2.23. The van der Waals surface area contributed by atoms with E-state index in [9.17, 15) is 4.79 Å². The summed E-state index contributed by atoms with van der Waals surface area (Å²) < 4.78 is 18.1. The normalized spacial score (nSPS) is 18.4. The van der Waals surface area contributed by atoms with Crippen LogP contribution >= 0.6 is 0 Å². The minimum absolute atomic E-state index is 0.0207. The zero-order valence-corrected chi connectivity index (χ0v) is 13.0. The molecular weight excluding hydrogens is 282 g/mol. The van der Waals surface area contributed by atoms with Gasteiger partial charge in [0.25, 0.3) is 5.56 Å². The molecule has 1 atom stereocenters. The van der Waals surface area contributed by atoms with Crippen molar-refractivity contribution in [3.8, 4) is 11.5 Å². The van der Waals surface area contributed by atoms with Gasteiger partial charge in [-0.2, -0.15) is 0 Å². The molecule has 5 heteroatoms. The third-order valence-electron chi connectivity index (χ3n) is 4.17. The average Bonchev–Trinajstić information content (AvgIpc) is 2.57. The van der Waals surface area contributed by atoms with Crippen LogP contribution in [0.4, 0.5) is 0 Å². The topological polar surface area (TPSA) is 49.7 Å². The highest BCUT2D eigenvalue weighted by Gasteiger charge is 2.17. The van der Waals surface area contributed by atoms with Gasteiger partial charge in [-0.15, -0.1) is 0 Å². The number of hydrogen-bond donors (Lipinski definition) is 0. The first-order valence-electron chi connectivity index (χ1n) is 7.60. The van der Waals surface area contributed by atoms with Crippen LogP contribution in [0.15, 0.2) is 29.2 Å². The monoisotopic (exact) mass is 303 g/mol. The zero-order valence-electron chi connectivity index (χ0n) is 13.0. The van der Waals surface area contributed by atoms with Crippen molar-refractivity contribution in [1.29, 1.82) is 0 Å². The van der Waals surface area contributed by atoms with Crippen molar-refractivity contribution in [3.63, 3.8) is 0 Å². The van der Waals surface area contributed by atoms with Gasteiger partial charge in [0.1, 0.15) is 0 Å². The van der Waals surface area contributed by atoms with E-state index in [1.165, 1.54) is 0 Å². The molecule has 3 rings (SSSR count). The third-order valence-corrected chi connectivity index (χ3v) is 4.17. The minimum atomic E-state index is -0.0207. The van der Waals surface area contributed by atoms with Crippen LogP contribution in [-0.4, -0.2) is 31.5 Å². The van der Waals surface area contributed by atoms with Crippen molar-refractivity contribution in [1.82, 2.24) is 4.57 Å². The first-order chi connectivity index (χ1) is 10.7. The molecule has 2 heterocycles. The van der Waals surface area contributed by atoms with Gasteiger partial charge in [0.2, 0.25) is 0 Å². The lowest BCUT2D eigenvalue weighted by Crippen LogP contribution is -2.30. The molecule has 1 aromatic carbocycles. The quantitative estimate of drug-likeness (QED) is 0.871. The standard InChI is InChI=1S/C17H21NO4/c1-20-15-7-6-14-13(16(15)21-2)8-9-18(17(14)19)11-12-5-3-4-10-22-12/h6-9,12H,3-5,10-11H2,1-2H3/t12-/m0/s1. The summed E-state index contributed by atoms with van der Waals surface area (Å²) in [4.78, 5) is 12.7. The summed E-state index contributed by atoms with van der Waals surface area (Å²) in [5, 5.41) is 1.41. The number of aromatic nitrogens is 1. The summed E-state index contributed by atoms with van der Waals surface area (Å²) in [6.45, 7) is 1.39. The number of fused-ring (bicyclic) bond motifs is 1. The Kier molecular flexibility index (Phi) is 4.34. The highest BCUT2D eigenvalue weighted by molar-refractivity contribution is 5.90. The molecule has 1 aromatic heterocycles. The SMILES string of the molecule is COc1ccc2c(=O)n(C[C@@H]3CCCCO3)ccc2c1OC. The van der Waals surface area contributed by atoms with E-state index in [1.54, 1.807) is 30.9 Å². The number of nitrogens with zero attached hydrogens (tertiary/aromatic N) is 1. The summed E-state index contributed by atoms with van der Waals surface area (Å²) in [5.41, 5.74) is -0.0207. The van der Waals surface area contributed by atoms with Gasteiger partial charge in [-0.25, -0.2) is 0 Å². The Bertz CT molecular complexity index is 716. The first kappa shape index (κ1) is 14.9. The van der Waals surface area contributed by atoms with Crippen molar-refractivity contribution in [3.05, 3.63) is 34.7 Å². The van der Waals surface area contributed by atoms with Gasteiger partial charge in [-0.05, 0) is 37.5 Å². The van der Waals surface area contributed by atoms with Crippen LogP contribution in [0.5, 0.6) is 11.5 Å². The number of ether oxygens (including phenoxy) is 3. The molecule has 22 heavy (non-hydrogen) atoms. The Morgan fingerprint density at radius 2 is 2.05 bits per heavy atom. The van der Waals surface area contributed by atoms with Crippen LogP contribution in [-0.2, 0) is 11.3 Å². The second-order valence-electron chi connectivity index (χ2n) is 5.52. The maximum absolute atomic E-state index is 12.7. The summed E-state index contributed by atoms with van der Waals surface area (Å²) in [6.07, 6.45) is 5.23. The molecule has 0 aliphatic carbocycles. The number of pyridine rings is 1. The van der Waals surface area contributed by atoms with Gasteiger partial charge in [-0.3, -0.25) is 4.79 Å². The maximum atomic E-state index is 12.7. The van der Waals surface area contributed by atoms with E-state index in [2.05, 4.69) is 0 Å². The third kappa shape index (κ3) is 2.68. The van der Waals surface area contributed by atoms with Gasteiger partial charge in [0.15, 0.2) is 11.5 Å². The molecule has 0 bridgehead atoms. The second kappa shape index (κ2) is 6.40. The molecule has 118 valence electrons. The molecule has 5 nitrogen and oxygen atoms in total. The smallest absolute Gasteiger partial charge is 0.258 e. The molecule has 0 radical (unpaired) electrons. The van der Waals surface area contributed by atoms with Gasteiger partial charge < -0.3 is 18.8 Å². The van der Waals surface area contributed by atoms with Crippen LogP contribution < -0.4 is 15.0 Å². The van der Waals surface area contributed by atoms with E-state index >= 15 is 0 Å². The lowest BCUT2D eigenvalue weighted by molar-refractivity contribution is 0.00551. The summed E-state index contributed by atoms with van der Waals surface area (Å²) >= 11 is 0. The number of benzene rings is 1. The van der Waals surface area contributed by atoms with Gasteiger partial charge in [0, 0.05) is 18.2 Å². The fourth-order valence-corrected chi connectivity index (χ4v) is 3.00. The van der Waals surface area contributed by atoms with Crippen molar-refractivity contribution < 1.29 is 14.2 Å². The predicted octanol–water partition coefficient (Wildman–Crippen LogP) is 2.59. The fourth-order valence-electron chi connectivity index (χ4n) is 3.00. The average molecular weight is 303 g/mol. The Balaban J connectivity index is 2.00. The van der Waals surface area contributed by atoms with Crippen LogP contribution in [0.2, 0.25) is 0 Å². The molecule has 0 N–H and O–H groups in total. The Morgan fingerprint density at radius 3 is 2.73 bits per heavy atom. The summed E-state index contributed by atoms with van der Waals surface area (Å²) in [6, 6.07) is 5.46. The van der Waals surface area contributed by atoms with E-state index in [1.807, 2.05) is 12.3 Å². The molecule has 0 saturated carbocycles. The minimum Gasteiger partial charge on any atom is -0.493 e.